The van der Waals surface area contributed by atoms with Crippen LogP contribution >= 0.6 is 0 Å². The molecule has 0 amide bonds. The molecule has 1 aromatic carbocycles. The van der Waals surface area contributed by atoms with E-state index in [2.05, 4.69) is 13.0 Å². The molecule has 0 aromatic heterocycles. The molecule has 0 spiro atoms. The summed E-state index contributed by atoms with van der Waals surface area (Å²) in [6, 6.07) is 6.05. The molecule has 0 N–H and O–H groups in total. The Morgan fingerprint density at radius 1 is 1.47 bits per heavy atom. The maximum absolute atomic E-state index is 11.9. The third-order valence-electron chi connectivity index (χ3n) is 3.56. The summed E-state index contributed by atoms with van der Waals surface area (Å²) in [6.07, 6.45) is 0.950. The van der Waals surface area contributed by atoms with Crippen LogP contribution in [0, 0.1) is 0 Å². The zero-order valence-electron chi connectivity index (χ0n) is 10.6. The summed E-state index contributed by atoms with van der Waals surface area (Å²) in [4.78, 5) is 11.9. The van der Waals surface area contributed by atoms with Crippen molar-refractivity contribution in [3.05, 3.63) is 29.3 Å². The SMILES string of the molecule is CCc1ccc(OC)c(C2(C(C)=O)COC2)c1. The Balaban J connectivity index is 2.51. The number of benzene rings is 1. The van der Waals surface area contributed by atoms with Gasteiger partial charge in [-0.2, -0.15) is 0 Å². The quantitative estimate of drug-likeness (QED) is 0.800. The standard InChI is InChI=1S/C14H18O3/c1-4-11-5-6-13(16-3)12(7-11)14(10(2)15)8-17-9-14/h5-7H,4,8-9H2,1-3H3. The zero-order chi connectivity index (χ0) is 12.5. The van der Waals surface area contributed by atoms with E-state index in [1.807, 2.05) is 12.1 Å². The highest BCUT2D eigenvalue weighted by Crippen LogP contribution is 2.39. The number of hydrogen-bond acceptors (Lipinski definition) is 3. The van der Waals surface area contributed by atoms with Crippen LogP contribution < -0.4 is 4.74 Å². The lowest BCUT2D eigenvalue weighted by molar-refractivity contribution is -0.140. The first-order chi connectivity index (χ1) is 8.14. The van der Waals surface area contributed by atoms with Gasteiger partial charge in [-0.3, -0.25) is 4.79 Å². The molecule has 0 atom stereocenters. The molecular formula is C14H18O3. The maximum Gasteiger partial charge on any atom is 0.145 e. The minimum absolute atomic E-state index is 0.148. The minimum Gasteiger partial charge on any atom is -0.496 e. The average Bonchev–Trinajstić information content (AvgIpc) is 2.27. The predicted molar refractivity (Wildman–Crippen MR) is 65.6 cm³/mol. The van der Waals surface area contributed by atoms with Crippen LogP contribution in [0.5, 0.6) is 5.75 Å². The van der Waals surface area contributed by atoms with Crippen LogP contribution in [0.1, 0.15) is 25.0 Å². The molecule has 0 bridgehead atoms. The van der Waals surface area contributed by atoms with Crippen LogP contribution in [0.15, 0.2) is 18.2 Å². The number of carbonyl (C=O) groups excluding carboxylic acids is 1. The lowest BCUT2D eigenvalue weighted by Crippen LogP contribution is -2.52. The largest absolute Gasteiger partial charge is 0.496 e. The van der Waals surface area contributed by atoms with Crippen molar-refractivity contribution in [3.63, 3.8) is 0 Å². The van der Waals surface area contributed by atoms with Crippen LogP contribution in [-0.4, -0.2) is 26.1 Å². The van der Waals surface area contributed by atoms with E-state index in [1.165, 1.54) is 5.56 Å². The Hall–Kier alpha value is -1.35. The molecule has 1 aliphatic rings. The van der Waals surface area contributed by atoms with Crippen molar-refractivity contribution >= 4 is 5.78 Å². The number of carbonyl (C=O) groups is 1. The zero-order valence-corrected chi connectivity index (χ0v) is 10.6. The fourth-order valence-electron chi connectivity index (χ4n) is 2.20. The topological polar surface area (TPSA) is 35.5 Å². The van der Waals surface area contributed by atoms with Gasteiger partial charge in [0.15, 0.2) is 0 Å². The highest BCUT2D eigenvalue weighted by Gasteiger charge is 2.46. The van der Waals surface area contributed by atoms with Crippen molar-refractivity contribution in [2.45, 2.75) is 25.7 Å². The summed E-state index contributed by atoms with van der Waals surface area (Å²) in [5, 5.41) is 0. The molecule has 1 fully saturated rings. The van der Waals surface area contributed by atoms with Crippen molar-refractivity contribution in [2.75, 3.05) is 20.3 Å². The summed E-state index contributed by atoms with van der Waals surface area (Å²) in [6.45, 7) is 4.65. The third-order valence-corrected chi connectivity index (χ3v) is 3.56. The van der Waals surface area contributed by atoms with E-state index in [1.54, 1.807) is 14.0 Å². The minimum atomic E-state index is -0.490. The van der Waals surface area contributed by atoms with Gasteiger partial charge in [0.2, 0.25) is 0 Å². The van der Waals surface area contributed by atoms with Gasteiger partial charge >= 0.3 is 0 Å². The molecule has 1 saturated heterocycles. The Bertz CT molecular complexity index is 433. The highest BCUT2D eigenvalue weighted by atomic mass is 16.5. The number of Topliss-reactive ketones (excluding diaryl/α,β-unsaturated/α-hetero) is 1. The van der Waals surface area contributed by atoms with Crippen molar-refractivity contribution in [1.82, 2.24) is 0 Å². The first-order valence-corrected chi connectivity index (χ1v) is 5.90. The third kappa shape index (κ3) is 1.84. The Labute approximate surface area is 102 Å². The number of methoxy groups -OCH3 is 1. The number of rotatable bonds is 4. The van der Waals surface area contributed by atoms with Gasteiger partial charge in [0.25, 0.3) is 0 Å². The van der Waals surface area contributed by atoms with Gasteiger partial charge in [-0.25, -0.2) is 0 Å². The molecule has 92 valence electrons. The molecule has 0 aliphatic carbocycles. The van der Waals surface area contributed by atoms with Crippen LogP contribution in [-0.2, 0) is 21.4 Å². The molecule has 1 aliphatic heterocycles. The molecule has 0 unspecified atom stereocenters. The first-order valence-electron chi connectivity index (χ1n) is 5.90. The van der Waals surface area contributed by atoms with E-state index in [9.17, 15) is 4.79 Å². The van der Waals surface area contributed by atoms with Gasteiger partial charge in [0.1, 0.15) is 16.9 Å². The number of ketones is 1. The molecule has 17 heavy (non-hydrogen) atoms. The predicted octanol–water partition coefficient (Wildman–Crippen LogP) is 2.11. The first kappa shape index (κ1) is 12.1. The Morgan fingerprint density at radius 3 is 2.59 bits per heavy atom. The van der Waals surface area contributed by atoms with Gasteiger partial charge in [-0.05, 0) is 25.0 Å². The van der Waals surface area contributed by atoms with Crippen molar-refractivity contribution in [3.8, 4) is 5.75 Å². The molecule has 3 nitrogen and oxygen atoms in total. The fourth-order valence-corrected chi connectivity index (χ4v) is 2.20. The van der Waals surface area contributed by atoms with E-state index in [-0.39, 0.29) is 5.78 Å². The van der Waals surface area contributed by atoms with E-state index in [4.69, 9.17) is 9.47 Å². The number of aryl methyl sites for hydroxylation is 1. The van der Waals surface area contributed by atoms with E-state index < -0.39 is 5.41 Å². The molecule has 0 radical (unpaired) electrons. The molecule has 1 aromatic rings. The summed E-state index contributed by atoms with van der Waals surface area (Å²) in [5.74, 6) is 0.927. The van der Waals surface area contributed by atoms with E-state index in [0.29, 0.717) is 13.2 Å². The second-order valence-electron chi connectivity index (χ2n) is 4.52. The second-order valence-corrected chi connectivity index (χ2v) is 4.52. The number of ether oxygens (including phenoxy) is 2. The van der Waals surface area contributed by atoms with Gasteiger partial charge in [-0.1, -0.05) is 19.1 Å². The maximum atomic E-state index is 11.9. The van der Waals surface area contributed by atoms with Gasteiger partial charge in [-0.15, -0.1) is 0 Å². The van der Waals surface area contributed by atoms with Gasteiger partial charge < -0.3 is 9.47 Å². The normalized spacial score (nSPS) is 17.4. The highest BCUT2D eigenvalue weighted by molar-refractivity contribution is 5.90. The molecule has 2 rings (SSSR count). The summed E-state index contributed by atoms with van der Waals surface area (Å²) in [5.41, 5.74) is 1.70. The fraction of sp³-hybridized carbons (Fsp3) is 0.500. The van der Waals surface area contributed by atoms with E-state index in [0.717, 1.165) is 17.7 Å². The van der Waals surface area contributed by atoms with Crippen molar-refractivity contribution in [2.24, 2.45) is 0 Å². The summed E-state index contributed by atoms with van der Waals surface area (Å²) in [7, 11) is 1.64. The average molecular weight is 234 g/mol. The van der Waals surface area contributed by atoms with E-state index >= 15 is 0 Å². The van der Waals surface area contributed by atoms with Crippen LogP contribution in [0.2, 0.25) is 0 Å². The summed E-state index contributed by atoms with van der Waals surface area (Å²) < 4.78 is 10.6. The smallest absolute Gasteiger partial charge is 0.145 e. The van der Waals surface area contributed by atoms with Gasteiger partial charge in [0, 0.05) is 5.56 Å². The molecule has 0 saturated carbocycles. The number of hydrogen-bond donors (Lipinski definition) is 0. The van der Waals surface area contributed by atoms with Gasteiger partial charge in [0.05, 0.1) is 20.3 Å². The van der Waals surface area contributed by atoms with Crippen molar-refractivity contribution in [1.29, 1.82) is 0 Å². The van der Waals surface area contributed by atoms with Crippen LogP contribution in [0.25, 0.3) is 0 Å². The molecule has 1 heterocycles. The lowest BCUT2D eigenvalue weighted by Gasteiger charge is -2.40. The molecular weight excluding hydrogens is 216 g/mol. The summed E-state index contributed by atoms with van der Waals surface area (Å²) >= 11 is 0. The Kier molecular flexibility index (Phi) is 3.20. The van der Waals surface area contributed by atoms with Crippen LogP contribution in [0.3, 0.4) is 0 Å². The van der Waals surface area contributed by atoms with Crippen LogP contribution in [0.4, 0.5) is 0 Å². The monoisotopic (exact) mass is 234 g/mol. The lowest BCUT2D eigenvalue weighted by atomic mass is 9.74. The second kappa shape index (κ2) is 4.49. The Morgan fingerprint density at radius 2 is 2.18 bits per heavy atom. The van der Waals surface area contributed by atoms with Crippen molar-refractivity contribution < 1.29 is 14.3 Å². The molecule has 3 heteroatoms.